The van der Waals surface area contributed by atoms with Gasteiger partial charge in [0.15, 0.2) is 0 Å². The number of hydrogen-bond donors (Lipinski definition) is 1. The van der Waals surface area contributed by atoms with Crippen LogP contribution in [0.5, 0.6) is 5.75 Å². The first kappa shape index (κ1) is 15.5. The third-order valence-corrected chi connectivity index (χ3v) is 3.44. The van der Waals surface area contributed by atoms with E-state index < -0.39 is 0 Å². The second-order valence-electron chi connectivity index (χ2n) is 5.53. The van der Waals surface area contributed by atoms with E-state index in [1.807, 2.05) is 12.3 Å². The van der Waals surface area contributed by atoms with Crippen LogP contribution in [0.2, 0.25) is 0 Å². The lowest BCUT2D eigenvalue weighted by Gasteiger charge is -2.12. The molecular formula is C16H24N4O. The molecule has 0 bridgehead atoms. The average molecular weight is 288 g/mol. The zero-order chi connectivity index (χ0) is 15.2. The van der Waals surface area contributed by atoms with Crippen LogP contribution in [0, 0.1) is 6.92 Å². The molecule has 1 aromatic carbocycles. The summed E-state index contributed by atoms with van der Waals surface area (Å²) in [7, 11) is 0. The lowest BCUT2D eigenvalue weighted by Crippen LogP contribution is -2.09. The fraction of sp³-hybridized carbons (Fsp3) is 0.500. The maximum absolute atomic E-state index is 5.78. The van der Waals surface area contributed by atoms with Crippen molar-refractivity contribution >= 4 is 0 Å². The minimum Gasteiger partial charge on any atom is -0.492 e. The molecule has 0 unspecified atom stereocenters. The van der Waals surface area contributed by atoms with E-state index in [2.05, 4.69) is 43.2 Å². The lowest BCUT2D eigenvalue weighted by molar-refractivity contribution is 0.289. The van der Waals surface area contributed by atoms with Gasteiger partial charge in [-0.25, -0.2) is 4.68 Å². The molecule has 21 heavy (non-hydrogen) atoms. The van der Waals surface area contributed by atoms with E-state index in [0.717, 1.165) is 17.9 Å². The van der Waals surface area contributed by atoms with Gasteiger partial charge in [-0.15, -0.1) is 5.10 Å². The Morgan fingerprint density at radius 3 is 2.81 bits per heavy atom. The summed E-state index contributed by atoms with van der Waals surface area (Å²) in [5, 5.41) is 8.11. The zero-order valence-corrected chi connectivity index (χ0v) is 13.0. The van der Waals surface area contributed by atoms with Gasteiger partial charge >= 0.3 is 0 Å². The largest absolute Gasteiger partial charge is 0.492 e. The zero-order valence-electron chi connectivity index (χ0n) is 13.0. The van der Waals surface area contributed by atoms with Crippen molar-refractivity contribution in [2.45, 2.75) is 39.7 Å². The van der Waals surface area contributed by atoms with E-state index in [9.17, 15) is 0 Å². The number of nitrogens with two attached hydrogens (primary N) is 1. The highest BCUT2D eigenvalue weighted by molar-refractivity contribution is 5.36. The molecule has 0 aliphatic heterocycles. The van der Waals surface area contributed by atoms with Gasteiger partial charge < -0.3 is 10.5 Å². The van der Waals surface area contributed by atoms with E-state index >= 15 is 0 Å². The van der Waals surface area contributed by atoms with Crippen molar-refractivity contribution < 1.29 is 4.74 Å². The lowest BCUT2D eigenvalue weighted by atomic mass is 9.98. The van der Waals surface area contributed by atoms with Gasteiger partial charge in [-0.05, 0) is 42.6 Å². The van der Waals surface area contributed by atoms with E-state index in [-0.39, 0.29) is 0 Å². The van der Waals surface area contributed by atoms with Crippen LogP contribution < -0.4 is 10.5 Å². The van der Waals surface area contributed by atoms with Crippen molar-refractivity contribution in [3.05, 3.63) is 41.2 Å². The van der Waals surface area contributed by atoms with Crippen LogP contribution in [0.1, 0.15) is 36.6 Å². The third kappa shape index (κ3) is 4.29. The third-order valence-electron chi connectivity index (χ3n) is 3.44. The van der Waals surface area contributed by atoms with Crippen LogP contribution in [-0.2, 0) is 13.0 Å². The van der Waals surface area contributed by atoms with Crippen molar-refractivity contribution in [2.75, 3.05) is 13.2 Å². The molecule has 0 saturated carbocycles. The van der Waals surface area contributed by atoms with Crippen LogP contribution in [0.15, 0.2) is 24.4 Å². The molecule has 2 N–H and O–H groups in total. The fourth-order valence-electron chi connectivity index (χ4n) is 2.35. The normalized spacial score (nSPS) is 11.1. The molecule has 1 heterocycles. The second-order valence-corrected chi connectivity index (χ2v) is 5.53. The standard InChI is InChI=1S/C16H24N4O/c1-12(2)16-5-4-15(10-13(16)3)21-9-8-20-11-14(6-7-17)18-19-20/h4-5,10-12H,6-9,17H2,1-3H3. The molecule has 0 saturated heterocycles. The Labute approximate surface area is 126 Å². The van der Waals surface area contributed by atoms with E-state index in [1.54, 1.807) is 4.68 Å². The van der Waals surface area contributed by atoms with Crippen molar-refractivity contribution in [2.24, 2.45) is 5.73 Å². The van der Waals surface area contributed by atoms with Gasteiger partial charge in [0.05, 0.1) is 12.2 Å². The Balaban J connectivity index is 1.86. The van der Waals surface area contributed by atoms with Gasteiger partial charge in [0.2, 0.25) is 0 Å². The van der Waals surface area contributed by atoms with Crippen LogP contribution >= 0.6 is 0 Å². The Bertz CT molecular complexity index is 577. The number of ether oxygens (including phenoxy) is 1. The molecular weight excluding hydrogens is 264 g/mol. The number of nitrogens with zero attached hydrogens (tertiary/aromatic N) is 3. The Kier molecular flexibility index (Phi) is 5.33. The Morgan fingerprint density at radius 2 is 2.14 bits per heavy atom. The predicted octanol–water partition coefficient (Wildman–Crippen LogP) is 2.29. The van der Waals surface area contributed by atoms with Gasteiger partial charge in [-0.2, -0.15) is 0 Å². The summed E-state index contributed by atoms with van der Waals surface area (Å²) in [6.45, 7) is 8.38. The summed E-state index contributed by atoms with van der Waals surface area (Å²) in [5.41, 5.74) is 9.05. The molecule has 0 fully saturated rings. The van der Waals surface area contributed by atoms with Crippen molar-refractivity contribution in [3.63, 3.8) is 0 Å². The molecule has 2 aromatic rings. The SMILES string of the molecule is Cc1cc(OCCn2cc(CCN)nn2)ccc1C(C)C. The van der Waals surface area contributed by atoms with Gasteiger partial charge in [-0.3, -0.25) is 0 Å². The topological polar surface area (TPSA) is 66.0 Å². The summed E-state index contributed by atoms with van der Waals surface area (Å²) >= 11 is 0. The fourth-order valence-corrected chi connectivity index (χ4v) is 2.35. The van der Waals surface area contributed by atoms with Crippen LogP contribution in [-0.4, -0.2) is 28.1 Å². The summed E-state index contributed by atoms with van der Waals surface area (Å²) in [4.78, 5) is 0. The first-order chi connectivity index (χ1) is 10.1. The maximum atomic E-state index is 5.78. The molecule has 0 radical (unpaired) electrons. The monoisotopic (exact) mass is 288 g/mol. The maximum Gasteiger partial charge on any atom is 0.119 e. The van der Waals surface area contributed by atoms with E-state index in [0.29, 0.717) is 25.6 Å². The molecule has 5 heteroatoms. The number of aromatic nitrogens is 3. The van der Waals surface area contributed by atoms with Crippen molar-refractivity contribution in [1.82, 2.24) is 15.0 Å². The molecule has 0 atom stereocenters. The molecule has 2 rings (SSSR count). The van der Waals surface area contributed by atoms with E-state index in [4.69, 9.17) is 10.5 Å². The minimum atomic E-state index is 0.537. The number of hydrogen-bond acceptors (Lipinski definition) is 4. The highest BCUT2D eigenvalue weighted by Gasteiger charge is 2.05. The van der Waals surface area contributed by atoms with Crippen LogP contribution in [0.3, 0.4) is 0 Å². The molecule has 5 nitrogen and oxygen atoms in total. The molecule has 0 amide bonds. The summed E-state index contributed by atoms with van der Waals surface area (Å²) in [5.74, 6) is 1.44. The number of rotatable bonds is 7. The average Bonchev–Trinajstić information content (AvgIpc) is 2.86. The highest BCUT2D eigenvalue weighted by atomic mass is 16.5. The van der Waals surface area contributed by atoms with Crippen LogP contribution in [0.4, 0.5) is 0 Å². The summed E-state index contributed by atoms with van der Waals surface area (Å²) < 4.78 is 7.57. The first-order valence-corrected chi connectivity index (χ1v) is 7.42. The smallest absolute Gasteiger partial charge is 0.119 e. The Hall–Kier alpha value is -1.88. The number of benzene rings is 1. The molecule has 1 aromatic heterocycles. The van der Waals surface area contributed by atoms with E-state index in [1.165, 1.54) is 11.1 Å². The van der Waals surface area contributed by atoms with Gasteiger partial charge in [0, 0.05) is 12.6 Å². The predicted molar refractivity (Wildman–Crippen MR) is 83.5 cm³/mol. The summed E-state index contributed by atoms with van der Waals surface area (Å²) in [6, 6.07) is 6.27. The van der Waals surface area contributed by atoms with Crippen molar-refractivity contribution in [3.8, 4) is 5.75 Å². The summed E-state index contributed by atoms with van der Waals surface area (Å²) in [6.07, 6.45) is 2.68. The second kappa shape index (κ2) is 7.22. The molecule has 114 valence electrons. The minimum absolute atomic E-state index is 0.537. The van der Waals surface area contributed by atoms with Gasteiger partial charge in [-0.1, -0.05) is 25.1 Å². The molecule has 0 aliphatic rings. The van der Waals surface area contributed by atoms with Crippen LogP contribution in [0.25, 0.3) is 0 Å². The van der Waals surface area contributed by atoms with Gasteiger partial charge in [0.1, 0.15) is 12.4 Å². The molecule has 0 spiro atoms. The van der Waals surface area contributed by atoms with Gasteiger partial charge in [0.25, 0.3) is 0 Å². The Morgan fingerprint density at radius 1 is 1.33 bits per heavy atom. The van der Waals surface area contributed by atoms with Crippen molar-refractivity contribution in [1.29, 1.82) is 0 Å². The molecule has 0 aliphatic carbocycles. The first-order valence-electron chi connectivity index (χ1n) is 7.42. The highest BCUT2D eigenvalue weighted by Crippen LogP contribution is 2.23. The number of aryl methyl sites for hydroxylation is 1. The quantitative estimate of drug-likeness (QED) is 0.849.